The Balaban J connectivity index is 1.81. The Morgan fingerprint density at radius 1 is 1.32 bits per heavy atom. The average Bonchev–Trinajstić information content (AvgIpc) is 2.83. The number of amides is 1. The highest BCUT2D eigenvalue weighted by Crippen LogP contribution is 2.27. The zero-order valence-corrected chi connectivity index (χ0v) is 12.5. The molecular formula is C17H17N3O2. The van der Waals surface area contributed by atoms with E-state index in [0.717, 1.165) is 22.4 Å². The van der Waals surface area contributed by atoms with Crippen molar-refractivity contribution in [3.05, 3.63) is 59.4 Å². The van der Waals surface area contributed by atoms with Crippen molar-refractivity contribution in [3.63, 3.8) is 0 Å². The molecule has 0 radical (unpaired) electrons. The summed E-state index contributed by atoms with van der Waals surface area (Å²) in [5.74, 6) is 0.153. The lowest BCUT2D eigenvalue weighted by Crippen LogP contribution is -2.14. The van der Waals surface area contributed by atoms with Crippen molar-refractivity contribution in [2.24, 2.45) is 5.16 Å². The van der Waals surface area contributed by atoms with Crippen LogP contribution < -0.4 is 5.32 Å². The van der Waals surface area contributed by atoms with Crippen LogP contribution >= 0.6 is 0 Å². The van der Waals surface area contributed by atoms with Gasteiger partial charge in [0.05, 0.1) is 5.69 Å². The first-order valence-electron chi connectivity index (χ1n) is 7.19. The number of anilines is 1. The van der Waals surface area contributed by atoms with Gasteiger partial charge in [-0.15, -0.1) is 0 Å². The van der Waals surface area contributed by atoms with Crippen LogP contribution in [-0.4, -0.2) is 16.6 Å². The topological polar surface area (TPSA) is 63.6 Å². The number of hydrogen-bond donors (Lipinski definition) is 1. The molecule has 22 heavy (non-hydrogen) atoms. The molecule has 5 nitrogen and oxygen atoms in total. The van der Waals surface area contributed by atoms with E-state index >= 15 is 0 Å². The largest absolute Gasteiger partial charge is 0.390 e. The molecule has 1 aliphatic heterocycles. The molecule has 0 atom stereocenters. The molecule has 0 aliphatic carbocycles. The number of nitrogens with zero attached hydrogens (tertiary/aromatic N) is 2. The minimum absolute atomic E-state index is 0.234. The van der Waals surface area contributed by atoms with Gasteiger partial charge in [-0.2, -0.15) is 0 Å². The third-order valence-corrected chi connectivity index (χ3v) is 3.54. The van der Waals surface area contributed by atoms with Crippen LogP contribution in [0.4, 0.5) is 5.69 Å². The first-order chi connectivity index (χ1) is 10.6. The smallest absolute Gasteiger partial charge is 0.278 e. The summed E-state index contributed by atoms with van der Waals surface area (Å²) in [5.41, 5.74) is 3.96. The Labute approximate surface area is 129 Å². The van der Waals surface area contributed by atoms with Crippen LogP contribution in [0.5, 0.6) is 0 Å². The predicted molar refractivity (Wildman–Crippen MR) is 84.7 cm³/mol. The number of aromatic nitrogens is 1. The van der Waals surface area contributed by atoms with Crippen molar-refractivity contribution >= 4 is 17.3 Å². The predicted octanol–water partition coefficient (Wildman–Crippen LogP) is 3.08. The molecular weight excluding hydrogens is 278 g/mol. The van der Waals surface area contributed by atoms with Crippen LogP contribution in [0.3, 0.4) is 0 Å². The number of nitrogens with one attached hydrogen (secondary N) is 1. The number of carbonyl (C=O) groups excluding carboxylic acids is 1. The summed E-state index contributed by atoms with van der Waals surface area (Å²) in [6, 6.07) is 9.64. The first-order valence-corrected chi connectivity index (χ1v) is 7.19. The molecule has 1 aromatic heterocycles. The van der Waals surface area contributed by atoms with E-state index in [-0.39, 0.29) is 12.5 Å². The van der Waals surface area contributed by atoms with E-state index in [9.17, 15) is 4.79 Å². The summed E-state index contributed by atoms with van der Waals surface area (Å²) in [7, 11) is 0. The number of rotatable bonds is 4. The lowest BCUT2D eigenvalue weighted by molar-refractivity contribution is -0.110. The van der Waals surface area contributed by atoms with Gasteiger partial charge in [-0.05, 0) is 29.7 Å². The van der Waals surface area contributed by atoms with Crippen LogP contribution in [0, 0.1) is 0 Å². The van der Waals surface area contributed by atoms with Gasteiger partial charge in [0, 0.05) is 23.5 Å². The summed E-state index contributed by atoms with van der Waals surface area (Å²) >= 11 is 0. The Morgan fingerprint density at radius 2 is 2.18 bits per heavy atom. The van der Waals surface area contributed by atoms with Crippen molar-refractivity contribution in [2.75, 3.05) is 5.32 Å². The molecule has 1 aliphatic rings. The highest BCUT2D eigenvalue weighted by atomic mass is 16.6. The van der Waals surface area contributed by atoms with Crippen molar-refractivity contribution in [2.45, 2.75) is 26.4 Å². The van der Waals surface area contributed by atoms with E-state index in [0.29, 0.717) is 11.6 Å². The molecule has 0 saturated carbocycles. The maximum absolute atomic E-state index is 12.0. The van der Waals surface area contributed by atoms with E-state index in [1.165, 1.54) is 0 Å². The Kier molecular flexibility index (Phi) is 3.87. The lowest BCUT2D eigenvalue weighted by atomic mass is 9.99. The van der Waals surface area contributed by atoms with Gasteiger partial charge in [0.1, 0.15) is 6.61 Å². The maximum atomic E-state index is 12.0. The molecule has 112 valence electrons. The van der Waals surface area contributed by atoms with Crippen molar-refractivity contribution in [1.82, 2.24) is 4.98 Å². The number of fused-ring (bicyclic) bond motifs is 1. The zero-order valence-electron chi connectivity index (χ0n) is 12.5. The highest BCUT2D eigenvalue weighted by Gasteiger charge is 2.27. The minimum atomic E-state index is -0.234. The summed E-state index contributed by atoms with van der Waals surface area (Å²) in [6.07, 6.45) is 3.41. The molecule has 5 heteroatoms. The molecule has 2 aromatic rings. The molecule has 0 unspecified atom stereocenters. The molecule has 1 N–H and O–H groups in total. The van der Waals surface area contributed by atoms with Crippen LogP contribution in [0.25, 0.3) is 0 Å². The highest BCUT2D eigenvalue weighted by molar-refractivity contribution is 6.53. The lowest BCUT2D eigenvalue weighted by Gasteiger charge is -2.07. The molecule has 3 rings (SSSR count). The van der Waals surface area contributed by atoms with Crippen molar-refractivity contribution in [1.29, 1.82) is 0 Å². The van der Waals surface area contributed by atoms with Gasteiger partial charge in [0.2, 0.25) is 0 Å². The van der Waals surface area contributed by atoms with Gasteiger partial charge in [0.25, 0.3) is 5.91 Å². The quantitative estimate of drug-likeness (QED) is 0.882. The SMILES string of the molecule is CC(C)c1ccc2c(c1)/C(=N/OCc1cccnc1)C(=O)N2. The van der Waals surface area contributed by atoms with Gasteiger partial charge in [-0.25, -0.2) is 0 Å². The van der Waals surface area contributed by atoms with Gasteiger partial charge >= 0.3 is 0 Å². The first kappa shape index (κ1) is 14.3. The molecule has 0 bridgehead atoms. The summed E-state index contributed by atoms with van der Waals surface area (Å²) in [6.45, 7) is 4.51. The molecule has 0 saturated heterocycles. The monoisotopic (exact) mass is 295 g/mol. The fraction of sp³-hybridized carbons (Fsp3) is 0.235. The van der Waals surface area contributed by atoms with Crippen LogP contribution in [-0.2, 0) is 16.2 Å². The second kappa shape index (κ2) is 5.97. The Bertz CT molecular complexity index is 724. The third kappa shape index (κ3) is 2.83. The number of hydrogen-bond acceptors (Lipinski definition) is 4. The van der Waals surface area contributed by atoms with Gasteiger partial charge < -0.3 is 10.2 Å². The second-order valence-corrected chi connectivity index (χ2v) is 5.49. The Hall–Kier alpha value is -2.69. The number of oxime groups is 1. The van der Waals surface area contributed by atoms with Crippen LogP contribution in [0.1, 0.15) is 36.5 Å². The average molecular weight is 295 g/mol. The Morgan fingerprint density at radius 3 is 2.91 bits per heavy atom. The summed E-state index contributed by atoms with van der Waals surface area (Å²) in [5, 5.41) is 6.82. The fourth-order valence-corrected chi connectivity index (χ4v) is 2.28. The van der Waals surface area contributed by atoms with E-state index in [1.807, 2.05) is 30.3 Å². The van der Waals surface area contributed by atoms with E-state index in [1.54, 1.807) is 12.4 Å². The number of benzene rings is 1. The standard InChI is InChI=1S/C17H17N3O2/c1-11(2)13-5-6-15-14(8-13)16(17(21)19-15)20-22-10-12-4-3-7-18-9-12/h3-9,11H,10H2,1-2H3,(H,19,20,21). The summed E-state index contributed by atoms with van der Waals surface area (Å²) < 4.78 is 0. The van der Waals surface area contributed by atoms with Crippen LogP contribution in [0.15, 0.2) is 47.9 Å². The summed E-state index contributed by atoms with van der Waals surface area (Å²) in [4.78, 5) is 21.3. The number of carbonyl (C=O) groups is 1. The second-order valence-electron chi connectivity index (χ2n) is 5.49. The van der Waals surface area contributed by atoms with E-state index in [2.05, 4.69) is 29.3 Å². The molecule has 0 fully saturated rings. The number of pyridine rings is 1. The zero-order chi connectivity index (χ0) is 15.5. The van der Waals surface area contributed by atoms with E-state index in [4.69, 9.17) is 4.84 Å². The fourth-order valence-electron chi connectivity index (χ4n) is 2.28. The van der Waals surface area contributed by atoms with Gasteiger partial charge in [-0.1, -0.05) is 31.1 Å². The third-order valence-electron chi connectivity index (χ3n) is 3.54. The molecule has 1 amide bonds. The minimum Gasteiger partial charge on any atom is -0.390 e. The molecule has 1 aromatic carbocycles. The van der Waals surface area contributed by atoms with Gasteiger partial charge in [0.15, 0.2) is 5.71 Å². The maximum Gasteiger partial charge on any atom is 0.278 e. The van der Waals surface area contributed by atoms with Crippen molar-refractivity contribution < 1.29 is 9.63 Å². The molecule has 2 heterocycles. The van der Waals surface area contributed by atoms with Crippen LogP contribution in [0.2, 0.25) is 0 Å². The van der Waals surface area contributed by atoms with Crippen molar-refractivity contribution in [3.8, 4) is 0 Å². The van der Waals surface area contributed by atoms with E-state index < -0.39 is 0 Å². The molecule has 0 spiro atoms. The normalized spacial score (nSPS) is 15.0. The van der Waals surface area contributed by atoms with Gasteiger partial charge in [-0.3, -0.25) is 9.78 Å².